The van der Waals surface area contributed by atoms with Crippen molar-refractivity contribution >= 4 is 17.7 Å². The third kappa shape index (κ3) is 6.17. The number of para-hydroxylation sites is 1. The predicted molar refractivity (Wildman–Crippen MR) is 112 cm³/mol. The van der Waals surface area contributed by atoms with Gasteiger partial charge in [-0.15, -0.1) is 0 Å². The monoisotopic (exact) mass is 367 g/mol. The molecule has 2 aromatic rings. The highest BCUT2D eigenvalue weighted by atomic mass is 16.5. The number of hydrogen-bond donors (Lipinski definition) is 1. The highest BCUT2D eigenvalue weighted by molar-refractivity contribution is 6.02. The third-order valence-corrected chi connectivity index (χ3v) is 4.30. The van der Waals surface area contributed by atoms with E-state index in [-0.39, 0.29) is 5.91 Å². The van der Waals surface area contributed by atoms with Crippen molar-refractivity contribution in [1.82, 2.24) is 0 Å². The molecule has 0 saturated carbocycles. The van der Waals surface area contributed by atoms with Gasteiger partial charge in [0.1, 0.15) is 0 Å². The molecule has 0 radical (unpaired) electrons. The Morgan fingerprint density at radius 1 is 1.11 bits per heavy atom. The lowest BCUT2D eigenvalue weighted by molar-refractivity contribution is -0.111. The maximum atomic E-state index is 12.3. The van der Waals surface area contributed by atoms with E-state index >= 15 is 0 Å². The van der Waals surface area contributed by atoms with Gasteiger partial charge in [-0.1, -0.05) is 38.1 Å². The minimum atomic E-state index is -0.163. The van der Waals surface area contributed by atoms with Crippen LogP contribution in [0.3, 0.4) is 0 Å². The van der Waals surface area contributed by atoms with E-state index in [0.29, 0.717) is 18.3 Å². The van der Waals surface area contributed by atoms with Crippen molar-refractivity contribution in [3.63, 3.8) is 0 Å². The molecule has 27 heavy (non-hydrogen) atoms. The molecule has 0 fully saturated rings. The van der Waals surface area contributed by atoms with Crippen molar-refractivity contribution < 1.29 is 14.3 Å². The molecular weight excluding hydrogens is 338 g/mol. The highest BCUT2D eigenvalue weighted by Gasteiger charge is 2.07. The number of aryl methyl sites for hydroxylation is 2. The Morgan fingerprint density at radius 3 is 2.44 bits per heavy atom. The van der Waals surface area contributed by atoms with Gasteiger partial charge in [-0.3, -0.25) is 4.79 Å². The summed E-state index contributed by atoms with van der Waals surface area (Å²) in [4.78, 5) is 12.3. The van der Waals surface area contributed by atoms with Gasteiger partial charge in [-0.2, -0.15) is 0 Å². The first-order valence-electron chi connectivity index (χ1n) is 9.26. The molecule has 2 aromatic carbocycles. The van der Waals surface area contributed by atoms with Crippen LogP contribution in [0.4, 0.5) is 5.69 Å². The second-order valence-corrected chi connectivity index (χ2v) is 7.03. The number of benzene rings is 2. The lowest BCUT2D eigenvalue weighted by atomic mass is 10.1. The van der Waals surface area contributed by atoms with Crippen LogP contribution in [0, 0.1) is 19.8 Å². The SMILES string of the molecule is COc1cc(/C=C/C(=O)Nc2c(C)cccc2C)ccc1OCCC(C)C. The Kier molecular flexibility index (Phi) is 7.47. The normalized spacial score (nSPS) is 11.0. The van der Waals surface area contributed by atoms with Crippen molar-refractivity contribution in [3.8, 4) is 11.5 Å². The van der Waals surface area contributed by atoms with Gasteiger partial charge in [0.25, 0.3) is 0 Å². The first kappa shape index (κ1) is 20.6. The number of amides is 1. The van der Waals surface area contributed by atoms with E-state index in [1.54, 1.807) is 13.2 Å². The fourth-order valence-corrected chi connectivity index (χ4v) is 2.66. The Hall–Kier alpha value is -2.75. The molecule has 0 bridgehead atoms. The first-order valence-corrected chi connectivity index (χ1v) is 9.26. The molecule has 0 unspecified atom stereocenters. The zero-order chi connectivity index (χ0) is 19.8. The van der Waals surface area contributed by atoms with Gasteiger partial charge in [0.15, 0.2) is 11.5 Å². The van der Waals surface area contributed by atoms with Crippen molar-refractivity contribution in [2.75, 3.05) is 19.0 Å². The summed E-state index contributed by atoms with van der Waals surface area (Å²) in [5.41, 5.74) is 3.82. The summed E-state index contributed by atoms with van der Waals surface area (Å²) in [7, 11) is 1.62. The quantitative estimate of drug-likeness (QED) is 0.637. The molecule has 0 atom stereocenters. The Labute approximate surface area is 162 Å². The predicted octanol–water partition coefficient (Wildman–Crippen LogP) is 5.39. The zero-order valence-electron chi connectivity index (χ0n) is 16.8. The average Bonchev–Trinajstić information content (AvgIpc) is 2.63. The number of hydrogen-bond acceptors (Lipinski definition) is 3. The number of carbonyl (C=O) groups is 1. The molecule has 0 aliphatic carbocycles. The topological polar surface area (TPSA) is 47.6 Å². The summed E-state index contributed by atoms with van der Waals surface area (Å²) in [6.45, 7) is 8.95. The van der Waals surface area contributed by atoms with Crippen LogP contribution in [0.25, 0.3) is 6.08 Å². The van der Waals surface area contributed by atoms with Crippen LogP contribution in [-0.4, -0.2) is 19.6 Å². The van der Waals surface area contributed by atoms with Crippen LogP contribution < -0.4 is 14.8 Å². The molecule has 0 heterocycles. The minimum absolute atomic E-state index is 0.163. The second-order valence-electron chi connectivity index (χ2n) is 7.03. The summed E-state index contributed by atoms with van der Waals surface area (Å²) < 4.78 is 11.2. The second kappa shape index (κ2) is 9.81. The van der Waals surface area contributed by atoms with Gasteiger partial charge < -0.3 is 14.8 Å². The van der Waals surface area contributed by atoms with Gasteiger partial charge in [-0.25, -0.2) is 0 Å². The highest BCUT2D eigenvalue weighted by Crippen LogP contribution is 2.29. The summed E-state index contributed by atoms with van der Waals surface area (Å²) >= 11 is 0. The molecule has 0 saturated heterocycles. The Balaban J connectivity index is 2.04. The molecule has 0 spiro atoms. The van der Waals surface area contributed by atoms with Crippen LogP contribution in [0.5, 0.6) is 11.5 Å². The van der Waals surface area contributed by atoms with Gasteiger partial charge in [-0.05, 0) is 61.1 Å². The van der Waals surface area contributed by atoms with E-state index in [9.17, 15) is 4.79 Å². The van der Waals surface area contributed by atoms with Crippen molar-refractivity contribution in [2.24, 2.45) is 5.92 Å². The molecule has 1 amide bonds. The maximum Gasteiger partial charge on any atom is 0.248 e. The average molecular weight is 367 g/mol. The van der Waals surface area contributed by atoms with Crippen molar-refractivity contribution in [2.45, 2.75) is 34.1 Å². The van der Waals surface area contributed by atoms with Gasteiger partial charge in [0.2, 0.25) is 5.91 Å². The first-order chi connectivity index (χ1) is 12.9. The van der Waals surface area contributed by atoms with E-state index in [1.807, 2.05) is 50.2 Å². The molecule has 0 aliphatic heterocycles. The standard InChI is InChI=1S/C23H29NO3/c1-16(2)13-14-27-20-11-9-19(15-21(20)26-5)10-12-22(25)24-23-17(3)7-6-8-18(23)4/h6-12,15-16H,13-14H2,1-5H3,(H,24,25)/b12-10+. The minimum Gasteiger partial charge on any atom is -0.493 e. The van der Waals surface area contributed by atoms with E-state index < -0.39 is 0 Å². The molecule has 0 aromatic heterocycles. The molecule has 0 aliphatic rings. The number of rotatable bonds is 8. The summed E-state index contributed by atoms with van der Waals surface area (Å²) in [6, 6.07) is 11.6. The van der Waals surface area contributed by atoms with Crippen LogP contribution in [0.15, 0.2) is 42.5 Å². The van der Waals surface area contributed by atoms with E-state index in [1.165, 1.54) is 6.08 Å². The molecular formula is C23H29NO3. The number of ether oxygens (including phenoxy) is 2. The lowest BCUT2D eigenvalue weighted by Crippen LogP contribution is -2.10. The summed E-state index contributed by atoms with van der Waals surface area (Å²) in [5, 5.41) is 2.95. The molecule has 144 valence electrons. The van der Waals surface area contributed by atoms with Crippen LogP contribution >= 0.6 is 0 Å². The van der Waals surface area contributed by atoms with Gasteiger partial charge in [0, 0.05) is 11.8 Å². The number of carbonyl (C=O) groups excluding carboxylic acids is 1. The zero-order valence-corrected chi connectivity index (χ0v) is 16.8. The lowest BCUT2D eigenvalue weighted by Gasteiger charge is -2.12. The summed E-state index contributed by atoms with van der Waals surface area (Å²) in [6.07, 6.45) is 4.28. The van der Waals surface area contributed by atoms with Gasteiger partial charge in [0.05, 0.1) is 13.7 Å². The number of nitrogens with one attached hydrogen (secondary N) is 1. The fourth-order valence-electron chi connectivity index (χ4n) is 2.66. The van der Waals surface area contributed by atoms with E-state index in [2.05, 4.69) is 19.2 Å². The molecule has 2 rings (SSSR count). The van der Waals surface area contributed by atoms with Crippen molar-refractivity contribution in [1.29, 1.82) is 0 Å². The number of anilines is 1. The van der Waals surface area contributed by atoms with Crippen LogP contribution in [0.2, 0.25) is 0 Å². The fraction of sp³-hybridized carbons (Fsp3) is 0.348. The smallest absolute Gasteiger partial charge is 0.248 e. The maximum absolute atomic E-state index is 12.3. The summed E-state index contributed by atoms with van der Waals surface area (Å²) in [5.74, 6) is 1.81. The largest absolute Gasteiger partial charge is 0.493 e. The third-order valence-electron chi connectivity index (χ3n) is 4.30. The Bertz CT molecular complexity index is 789. The van der Waals surface area contributed by atoms with Crippen molar-refractivity contribution in [3.05, 3.63) is 59.2 Å². The van der Waals surface area contributed by atoms with Gasteiger partial charge >= 0.3 is 0 Å². The molecule has 1 N–H and O–H groups in total. The van der Waals surface area contributed by atoms with E-state index in [0.717, 1.165) is 34.5 Å². The van der Waals surface area contributed by atoms with Crippen LogP contribution in [-0.2, 0) is 4.79 Å². The Morgan fingerprint density at radius 2 is 1.81 bits per heavy atom. The number of methoxy groups -OCH3 is 1. The molecule has 4 heteroatoms. The van der Waals surface area contributed by atoms with Crippen LogP contribution in [0.1, 0.15) is 37.0 Å². The van der Waals surface area contributed by atoms with E-state index in [4.69, 9.17) is 9.47 Å². The molecule has 4 nitrogen and oxygen atoms in total.